The molecule has 0 aliphatic rings. The Morgan fingerprint density at radius 3 is 2.35 bits per heavy atom. The van der Waals surface area contributed by atoms with Gasteiger partial charge in [0.2, 0.25) is 5.88 Å². The van der Waals surface area contributed by atoms with Crippen molar-refractivity contribution in [1.29, 1.82) is 0 Å². The first-order chi connectivity index (χ1) is 9.25. The lowest BCUT2D eigenvalue weighted by Gasteiger charge is -2.21. The second-order valence-corrected chi connectivity index (χ2v) is 6.00. The monoisotopic (exact) mass is 282 g/mol. The van der Waals surface area contributed by atoms with E-state index in [4.69, 9.17) is 15.2 Å². The maximum atomic E-state index is 6.07. The Morgan fingerprint density at radius 2 is 1.85 bits per heavy atom. The van der Waals surface area contributed by atoms with Crippen molar-refractivity contribution in [3.05, 3.63) is 5.82 Å². The summed E-state index contributed by atoms with van der Waals surface area (Å²) in [5.74, 6) is 1.72. The number of nitrogens with two attached hydrogens (primary N) is 1. The van der Waals surface area contributed by atoms with Gasteiger partial charge in [0, 0.05) is 18.6 Å². The second-order valence-electron chi connectivity index (χ2n) is 6.00. The molecule has 0 aromatic carbocycles. The van der Waals surface area contributed by atoms with E-state index in [2.05, 4.69) is 36.1 Å². The SMILES string of the molecule is COCCOc1nc(C(C)(C)C)nc(NC(C)C)c1N. The quantitative estimate of drug-likeness (QED) is 0.778. The van der Waals surface area contributed by atoms with Crippen LogP contribution in [0.15, 0.2) is 0 Å². The predicted octanol–water partition coefficient (Wildman–Crippen LogP) is 2.20. The molecule has 0 atom stereocenters. The van der Waals surface area contributed by atoms with Gasteiger partial charge in [0.25, 0.3) is 0 Å². The molecule has 1 rings (SSSR count). The molecule has 0 amide bonds. The van der Waals surface area contributed by atoms with E-state index < -0.39 is 0 Å². The van der Waals surface area contributed by atoms with E-state index in [0.717, 1.165) is 0 Å². The molecule has 20 heavy (non-hydrogen) atoms. The van der Waals surface area contributed by atoms with Crippen LogP contribution in [0.5, 0.6) is 5.88 Å². The van der Waals surface area contributed by atoms with Crippen LogP contribution in [-0.4, -0.2) is 36.3 Å². The molecule has 114 valence electrons. The number of nitrogen functional groups attached to an aromatic ring is 1. The van der Waals surface area contributed by atoms with Crippen molar-refractivity contribution in [2.24, 2.45) is 0 Å². The van der Waals surface area contributed by atoms with E-state index in [1.165, 1.54) is 0 Å². The largest absolute Gasteiger partial charge is 0.474 e. The molecule has 3 N–H and O–H groups in total. The van der Waals surface area contributed by atoms with E-state index in [0.29, 0.717) is 36.4 Å². The summed E-state index contributed by atoms with van der Waals surface area (Å²) in [7, 11) is 1.62. The van der Waals surface area contributed by atoms with Gasteiger partial charge in [-0.1, -0.05) is 20.8 Å². The Labute approximate surface area is 121 Å². The normalized spacial score (nSPS) is 11.8. The van der Waals surface area contributed by atoms with Gasteiger partial charge in [0.05, 0.1) is 6.61 Å². The summed E-state index contributed by atoms with van der Waals surface area (Å²) in [6, 6.07) is 0.229. The van der Waals surface area contributed by atoms with E-state index in [1.807, 2.05) is 13.8 Å². The maximum absolute atomic E-state index is 6.07. The number of ether oxygens (including phenoxy) is 2. The zero-order chi connectivity index (χ0) is 15.3. The average molecular weight is 282 g/mol. The van der Waals surface area contributed by atoms with Crippen LogP contribution in [0, 0.1) is 0 Å². The minimum atomic E-state index is -0.180. The van der Waals surface area contributed by atoms with Crippen LogP contribution in [0.4, 0.5) is 11.5 Å². The van der Waals surface area contributed by atoms with Crippen molar-refractivity contribution < 1.29 is 9.47 Å². The number of hydrogen-bond acceptors (Lipinski definition) is 6. The number of hydrogen-bond donors (Lipinski definition) is 2. The average Bonchev–Trinajstić information content (AvgIpc) is 2.32. The molecule has 0 unspecified atom stereocenters. The molecule has 0 radical (unpaired) electrons. The first-order valence-corrected chi connectivity index (χ1v) is 6.82. The molecule has 0 aliphatic carbocycles. The van der Waals surface area contributed by atoms with Crippen molar-refractivity contribution in [3.8, 4) is 5.88 Å². The second kappa shape index (κ2) is 6.74. The highest BCUT2D eigenvalue weighted by Gasteiger charge is 2.22. The number of aromatic nitrogens is 2. The summed E-state index contributed by atoms with van der Waals surface area (Å²) in [5, 5.41) is 3.23. The summed E-state index contributed by atoms with van der Waals surface area (Å²) in [6.07, 6.45) is 0. The Balaban J connectivity index is 3.13. The topological polar surface area (TPSA) is 82.3 Å². The highest BCUT2D eigenvalue weighted by Crippen LogP contribution is 2.30. The molecule has 1 aromatic rings. The lowest BCUT2D eigenvalue weighted by atomic mass is 9.96. The first kappa shape index (κ1) is 16.5. The fourth-order valence-electron chi connectivity index (χ4n) is 1.50. The molecule has 0 fully saturated rings. The minimum Gasteiger partial charge on any atom is -0.474 e. The van der Waals surface area contributed by atoms with Crippen LogP contribution in [-0.2, 0) is 10.2 Å². The van der Waals surface area contributed by atoms with E-state index >= 15 is 0 Å². The zero-order valence-electron chi connectivity index (χ0n) is 13.3. The molecule has 0 saturated carbocycles. The molecule has 0 spiro atoms. The van der Waals surface area contributed by atoms with Gasteiger partial charge in [0.1, 0.15) is 18.1 Å². The molecular formula is C14H26N4O2. The Hall–Kier alpha value is -1.56. The van der Waals surface area contributed by atoms with E-state index in [1.54, 1.807) is 7.11 Å². The molecule has 1 heterocycles. The number of nitrogens with zero attached hydrogens (tertiary/aromatic N) is 2. The predicted molar refractivity (Wildman–Crippen MR) is 81.3 cm³/mol. The van der Waals surface area contributed by atoms with Crippen molar-refractivity contribution in [3.63, 3.8) is 0 Å². The summed E-state index contributed by atoms with van der Waals surface area (Å²) in [6.45, 7) is 11.1. The highest BCUT2D eigenvalue weighted by atomic mass is 16.5. The zero-order valence-corrected chi connectivity index (χ0v) is 13.3. The minimum absolute atomic E-state index is 0.180. The lowest BCUT2D eigenvalue weighted by molar-refractivity contribution is 0.144. The van der Waals surface area contributed by atoms with Crippen LogP contribution in [0.25, 0.3) is 0 Å². The summed E-state index contributed by atoms with van der Waals surface area (Å²) in [4.78, 5) is 8.94. The fraction of sp³-hybridized carbons (Fsp3) is 0.714. The van der Waals surface area contributed by atoms with Crippen molar-refractivity contribution >= 4 is 11.5 Å². The first-order valence-electron chi connectivity index (χ1n) is 6.82. The van der Waals surface area contributed by atoms with Gasteiger partial charge in [0.15, 0.2) is 5.82 Å². The standard InChI is InChI=1S/C14H26N4O2/c1-9(2)16-11-10(15)12(20-8-7-19-6)18-13(17-11)14(3,4)5/h9H,7-8,15H2,1-6H3,(H,16,17,18). The van der Waals surface area contributed by atoms with Crippen LogP contribution >= 0.6 is 0 Å². The van der Waals surface area contributed by atoms with Gasteiger partial charge in [-0.25, -0.2) is 4.98 Å². The highest BCUT2D eigenvalue weighted by molar-refractivity contribution is 5.67. The summed E-state index contributed by atoms with van der Waals surface area (Å²) in [5.41, 5.74) is 6.33. The smallest absolute Gasteiger partial charge is 0.242 e. The Bertz CT molecular complexity index is 442. The molecule has 0 bridgehead atoms. The van der Waals surface area contributed by atoms with Gasteiger partial charge in [-0.05, 0) is 13.8 Å². The Morgan fingerprint density at radius 1 is 1.20 bits per heavy atom. The summed E-state index contributed by atoms with van der Waals surface area (Å²) >= 11 is 0. The number of methoxy groups -OCH3 is 1. The van der Waals surface area contributed by atoms with Crippen LogP contribution in [0.3, 0.4) is 0 Å². The third-order valence-electron chi connectivity index (χ3n) is 2.53. The summed E-state index contributed by atoms with van der Waals surface area (Å²) < 4.78 is 10.6. The molecule has 6 nitrogen and oxygen atoms in total. The van der Waals surface area contributed by atoms with Crippen molar-refractivity contribution in [1.82, 2.24) is 9.97 Å². The van der Waals surface area contributed by atoms with Gasteiger partial charge in [-0.2, -0.15) is 4.98 Å². The number of nitrogens with one attached hydrogen (secondary N) is 1. The van der Waals surface area contributed by atoms with Gasteiger partial charge >= 0.3 is 0 Å². The van der Waals surface area contributed by atoms with E-state index in [-0.39, 0.29) is 11.5 Å². The third-order valence-corrected chi connectivity index (χ3v) is 2.53. The van der Waals surface area contributed by atoms with Crippen LogP contribution in [0.1, 0.15) is 40.4 Å². The molecule has 0 saturated heterocycles. The van der Waals surface area contributed by atoms with E-state index in [9.17, 15) is 0 Å². The van der Waals surface area contributed by atoms with Gasteiger partial charge in [-0.15, -0.1) is 0 Å². The molecular weight excluding hydrogens is 256 g/mol. The number of anilines is 2. The number of rotatable bonds is 6. The van der Waals surface area contributed by atoms with Crippen LogP contribution < -0.4 is 15.8 Å². The molecule has 1 aromatic heterocycles. The van der Waals surface area contributed by atoms with Crippen LogP contribution in [0.2, 0.25) is 0 Å². The third kappa shape index (κ3) is 4.52. The van der Waals surface area contributed by atoms with Crippen molar-refractivity contribution in [2.45, 2.75) is 46.1 Å². The molecule has 6 heteroatoms. The van der Waals surface area contributed by atoms with Gasteiger partial charge < -0.3 is 20.5 Å². The maximum Gasteiger partial charge on any atom is 0.242 e. The molecule has 0 aliphatic heterocycles. The van der Waals surface area contributed by atoms with Gasteiger partial charge in [-0.3, -0.25) is 0 Å². The lowest BCUT2D eigenvalue weighted by Crippen LogP contribution is -2.21. The van der Waals surface area contributed by atoms with Crippen molar-refractivity contribution in [2.75, 3.05) is 31.4 Å². The Kier molecular flexibility index (Phi) is 5.56. The fourth-order valence-corrected chi connectivity index (χ4v) is 1.50.